The van der Waals surface area contributed by atoms with Gasteiger partial charge in [0.05, 0.1) is 50.0 Å². The first-order valence-electron chi connectivity index (χ1n) is 15.5. The van der Waals surface area contributed by atoms with Crippen molar-refractivity contribution < 1.29 is 33.9 Å². The van der Waals surface area contributed by atoms with Crippen molar-refractivity contribution >= 4 is 11.8 Å². The molecule has 0 aromatic rings. The second-order valence-electron chi connectivity index (χ2n) is 12.7. The highest BCUT2D eigenvalue weighted by Gasteiger charge is 2.66. The number of quaternary nitrogens is 1. The molecule has 2 saturated carbocycles. The van der Waals surface area contributed by atoms with Gasteiger partial charge in [-0.15, -0.1) is 0 Å². The number of hydrogen-bond acceptors (Lipinski definition) is 7. The molecule has 10 unspecified atom stereocenters. The van der Waals surface area contributed by atoms with Gasteiger partial charge in [0, 0.05) is 58.8 Å². The molecule has 4 heterocycles. The van der Waals surface area contributed by atoms with E-state index >= 15 is 0 Å². The van der Waals surface area contributed by atoms with Gasteiger partial charge in [0.25, 0.3) is 0 Å². The normalized spacial score (nSPS) is 42.8. The fraction of sp³-hybridized carbons (Fsp3) is 0.931. The summed E-state index contributed by atoms with van der Waals surface area (Å²) in [6, 6.07) is 1.04. The topological polar surface area (TPSA) is 106 Å². The molecule has 6 fully saturated rings. The van der Waals surface area contributed by atoms with Gasteiger partial charge in [-0.3, -0.25) is 14.5 Å². The van der Waals surface area contributed by atoms with E-state index in [2.05, 4.69) is 20.4 Å². The molecule has 6 rings (SSSR count). The number of carbonyl (C=O) groups is 2. The second-order valence-corrected chi connectivity index (χ2v) is 12.7. The minimum atomic E-state index is -0.467. The predicted octanol–water partition coefficient (Wildman–Crippen LogP) is -0.390. The molecule has 0 spiro atoms. The van der Waals surface area contributed by atoms with Gasteiger partial charge in [-0.1, -0.05) is 0 Å². The summed E-state index contributed by atoms with van der Waals surface area (Å²) in [5.41, 5.74) is 0. The lowest BCUT2D eigenvalue weighted by Gasteiger charge is -2.53. The molecule has 0 radical (unpaired) electrons. The minimum Gasteiger partial charge on any atom is -0.379 e. The molecule has 39 heavy (non-hydrogen) atoms. The zero-order valence-corrected chi connectivity index (χ0v) is 24.0. The van der Waals surface area contributed by atoms with E-state index in [9.17, 15) is 9.59 Å². The molecular formula is C29H49N4O6+. The summed E-state index contributed by atoms with van der Waals surface area (Å²) in [6.07, 6.45) is 5.36. The minimum absolute atomic E-state index is 0.0137. The number of nitrogens with zero attached hydrogens (tertiary/aromatic N) is 2. The van der Waals surface area contributed by atoms with Crippen molar-refractivity contribution in [2.24, 2.45) is 23.7 Å². The summed E-state index contributed by atoms with van der Waals surface area (Å²) in [5.74, 6) is 1.49. The summed E-state index contributed by atoms with van der Waals surface area (Å²) < 4.78 is 23.5. The Bertz CT molecular complexity index is 886. The van der Waals surface area contributed by atoms with Crippen LogP contribution in [-0.4, -0.2) is 124 Å². The van der Waals surface area contributed by atoms with Crippen LogP contribution in [0.4, 0.5) is 0 Å². The monoisotopic (exact) mass is 549 g/mol. The third-order valence-electron chi connectivity index (χ3n) is 11.0. The Morgan fingerprint density at radius 1 is 1.08 bits per heavy atom. The highest BCUT2D eigenvalue weighted by Crippen LogP contribution is 2.53. The number of ether oxygens (including phenoxy) is 4. The number of fused-ring (bicyclic) bond motifs is 5. The van der Waals surface area contributed by atoms with Gasteiger partial charge >= 0.3 is 0 Å². The maximum atomic E-state index is 14.2. The van der Waals surface area contributed by atoms with E-state index in [0.717, 1.165) is 77.9 Å². The summed E-state index contributed by atoms with van der Waals surface area (Å²) in [7, 11) is 3.48. The van der Waals surface area contributed by atoms with Crippen molar-refractivity contribution in [3.05, 3.63) is 0 Å². The molecule has 0 aromatic heterocycles. The van der Waals surface area contributed by atoms with Crippen LogP contribution >= 0.6 is 0 Å². The summed E-state index contributed by atoms with van der Waals surface area (Å²) >= 11 is 0. The van der Waals surface area contributed by atoms with Crippen LogP contribution in [0.15, 0.2) is 0 Å². The van der Waals surface area contributed by atoms with E-state index in [0.29, 0.717) is 42.3 Å². The van der Waals surface area contributed by atoms with E-state index in [1.807, 2.05) is 6.92 Å². The molecule has 6 aliphatic rings. The Labute approximate surface area is 232 Å². The third kappa shape index (κ3) is 5.14. The van der Waals surface area contributed by atoms with Crippen LogP contribution in [0, 0.1) is 23.7 Å². The number of nitrogens with two attached hydrogens (primary N) is 1. The Balaban J connectivity index is 1.09. The van der Waals surface area contributed by atoms with Gasteiger partial charge in [-0.05, 0) is 50.9 Å². The maximum Gasteiger partial charge on any atom is 0.248 e. The maximum absolute atomic E-state index is 14.2. The molecule has 11 atom stereocenters. The lowest BCUT2D eigenvalue weighted by Crippen LogP contribution is -2.99. The van der Waals surface area contributed by atoms with E-state index in [1.165, 1.54) is 0 Å². The second kappa shape index (κ2) is 11.9. The van der Waals surface area contributed by atoms with Crippen molar-refractivity contribution in [1.82, 2.24) is 15.1 Å². The number of morpholine rings is 1. The van der Waals surface area contributed by atoms with Gasteiger partial charge in [-0.2, -0.15) is 0 Å². The SMILES string of the molecule is COC1CCC2C3[NH2+]CCC4C5CC(O[C@@H](C)C(=O)NCCN6CCOCC6)CCC5N(C(=O)C2C1OC)C43. The van der Waals surface area contributed by atoms with Crippen LogP contribution in [0.5, 0.6) is 0 Å². The van der Waals surface area contributed by atoms with Gasteiger partial charge in [0.15, 0.2) is 0 Å². The quantitative estimate of drug-likeness (QED) is 0.425. The number of nitrogens with one attached hydrogen (secondary N) is 1. The molecule has 10 nitrogen and oxygen atoms in total. The van der Waals surface area contributed by atoms with Gasteiger partial charge in [0.2, 0.25) is 11.8 Å². The Morgan fingerprint density at radius 3 is 2.67 bits per heavy atom. The fourth-order valence-corrected chi connectivity index (χ4v) is 9.28. The van der Waals surface area contributed by atoms with E-state index in [4.69, 9.17) is 18.9 Å². The zero-order chi connectivity index (χ0) is 27.1. The van der Waals surface area contributed by atoms with Crippen LogP contribution in [0.2, 0.25) is 0 Å². The first-order chi connectivity index (χ1) is 19.0. The van der Waals surface area contributed by atoms with Crippen molar-refractivity contribution in [3.8, 4) is 0 Å². The highest BCUT2D eigenvalue weighted by molar-refractivity contribution is 5.82. The Hall–Kier alpha value is -1.30. The van der Waals surface area contributed by atoms with Gasteiger partial charge < -0.3 is 34.5 Å². The predicted molar refractivity (Wildman–Crippen MR) is 143 cm³/mol. The number of rotatable bonds is 8. The smallest absolute Gasteiger partial charge is 0.248 e. The standard InChI is InChI=1S/C29H48N4O6/c1-17(28(34)31-10-11-32-12-14-38-15-13-32)39-18-4-6-22-21(16-18)19-8-9-30-25-20-5-7-23(36-2)27(37-3)24(20)29(35)33(22)26(19)25/h17-27,30H,4-16H2,1-3H3,(H,31,34)/p+1/t17-,18?,19?,20?,21?,22?,23?,24?,25?,26?,27?/m0/s1. The molecule has 0 bridgehead atoms. The Morgan fingerprint density at radius 2 is 1.90 bits per heavy atom. The fourth-order valence-electron chi connectivity index (χ4n) is 9.28. The van der Waals surface area contributed by atoms with Crippen molar-refractivity contribution in [1.29, 1.82) is 0 Å². The zero-order valence-electron chi connectivity index (χ0n) is 24.0. The molecule has 10 heteroatoms. The van der Waals surface area contributed by atoms with E-state index in [1.54, 1.807) is 14.2 Å². The summed E-state index contributed by atoms with van der Waals surface area (Å²) in [6.45, 7) is 7.86. The average molecular weight is 550 g/mol. The summed E-state index contributed by atoms with van der Waals surface area (Å²) in [5, 5.41) is 5.60. The van der Waals surface area contributed by atoms with E-state index < -0.39 is 6.10 Å². The van der Waals surface area contributed by atoms with Gasteiger partial charge in [-0.25, -0.2) is 0 Å². The molecule has 4 aliphatic heterocycles. The van der Waals surface area contributed by atoms with E-state index in [-0.39, 0.29) is 36.2 Å². The number of amides is 2. The highest BCUT2D eigenvalue weighted by atomic mass is 16.5. The molecule has 0 aromatic carbocycles. The van der Waals surface area contributed by atoms with Crippen LogP contribution in [-0.2, 0) is 28.5 Å². The van der Waals surface area contributed by atoms with Crippen LogP contribution < -0.4 is 10.6 Å². The van der Waals surface area contributed by atoms with Crippen LogP contribution in [0.3, 0.4) is 0 Å². The molecule has 3 N–H and O–H groups in total. The van der Waals surface area contributed by atoms with Crippen molar-refractivity contribution in [2.45, 2.75) is 88.0 Å². The third-order valence-corrected chi connectivity index (χ3v) is 11.0. The number of methoxy groups -OCH3 is 2. The lowest BCUT2D eigenvalue weighted by atomic mass is 9.64. The lowest BCUT2D eigenvalue weighted by molar-refractivity contribution is -0.713. The first-order valence-corrected chi connectivity index (χ1v) is 15.5. The van der Waals surface area contributed by atoms with Gasteiger partial charge in [0.1, 0.15) is 12.1 Å². The number of carbonyl (C=O) groups excluding carboxylic acids is 2. The van der Waals surface area contributed by atoms with Crippen LogP contribution in [0.1, 0.15) is 45.4 Å². The molecule has 2 aliphatic carbocycles. The van der Waals surface area contributed by atoms with Crippen molar-refractivity contribution in [2.75, 3.05) is 60.2 Å². The van der Waals surface area contributed by atoms with Crippen LogP contribution in [0.25, 0.3) is 0 Å². The molecular weight excluding hydrogens is 500 g/mol. The van der Waals surface area contributed by atoms with Crippen molar-refractivity contribution in [3.63, 3.8) is 0 Å². The summed E-state index contributed by atoms with van der Waals surface area (Å²) in [4.78, 5) is 31.6. The first kappa shape index (κ1) is 27.8. The number of piperidine rings is 2. The average Bonchev–Trinajstić information content (AvgIpc) is 3.30. The molecule has 220 valence electrons. The largest absolute Gasteiger partial charge is 0.379 e. The Kier molecular flexibility index (Phi) is 8.50. The number of hydrogen-bond donors (Lipinski definition) is 2. The molecule has 2 amide bonds. The molecule has 4 saturated heterocycles.